The highest BCUT2D eigenvalue weighted by Gasteiger charge is 2.26. The van der Waals surface area contributed by atoms with Gasteiger partial charge in [0.2, 0.25) is 10.0 Å². The van der Waals surface area contributed by atoms with Gasteiger partial charge in [0.25, 0.3) is 0 Å². The predicted octanol–water partition coefficient (Wildman–Crippen LogP) is 1.45. The highest BCUT2D eigenvalue weighted by molar-refractivity contribution is 7.89. The summed E-state index contributed by atoms with van der Waals surface area (Å²) in [7, 11) is -2.00. The van der Waals surface area contributed by atoms with Crippen LogP contribution in [-0.4, -0.2) is 48.7 Å². The fourth-order valence-corrected chi connectivity index (χ4v) is 3.68. The van der Waals surface area contributed by atoms with Crippen molar-refractivity contribution in [2.75, 3.05) is 13.6 Å². The third-order valence-electron chi connectivity index (χ3n) is 4.06. The Labute approximate surface area is 131 Å². The molecule has 0 bridgehead atoms. The molecule has 1 aromatic carbocycles. The average Bonchev–Trinajstić information content (AvgIpc) is 2.49. The fourth-order valence-electron chi connectivity index (χ4n) is 2.51. The molecule has 2 N–H and O–H groups in total. The lowest BCUT2D eigenvalue weighted by molar-refractivity contribution is 0.0292. The Morgan fingerprint density at radius 3 is 2.50 bits per heavy atom. The summed E-state index contributed by atoms with van der Waals surface area (Å²) in [5.41, 5.74) is 1.72. The molecule has 0 saturated heterocycles. The Morgan fingerprint density at radius 2 is 1.86 bits per heavy atom. The number of benzene rings is 1. The fraction of sp³-hybridized carbons (Fsp3) is 0.500. The van der Waals surface area contributed by atoms with E-state index in [4.69, 9.17) is 0 Å². The SMILES string of the molecule is Cc1ccc(S(=O)(=O)N(C)CCC2=CCC[C@@H](O)[C@H]2O)cc1. The zero-order valence-electron chi connectivity index (χ0n) is 12.9. The summed E-state index contributed by atoms with van der Waals surface area (Å²) in [6, 6.07) is 6.73. The van der Waals surface area contributed by atoms with Gasteiger partial charge in [-0.15, -0.1) is 0 Å². The van der Waals surface area contributed by atoms with Crippen LogP contribution in [0.2, 0.25) is 0 Å². The topological polar surface area (TPSA) is 77.8 Å². The van der Waals surface area contributed by atoms with Gasteiger partial charge in [0.15, 0.2) is 0 Å². The zero-order chi connectivity index (χ0) is 16.3. The number of aliphatic hydroxyl groups excluding tert-OH is 2. The standard InChI is InChI=1S/C16H23NO4S/c1-12-6-8-14(9-7-12)22(20,21)17(2)11-10-13-4-3-5-15(18)16(13)19/h4,6-9,15-16,18-19H,3,5,10-11H2,1-2H3/t15-,16+/m1/s1. The van der Waals surface area contributed by atoms with E-state index in [0.29, 0.717) is 24.8 Å². The number of allylic oxidation sites excluding steroid dienone is 1. The molecule has 0 aliphatic heterocycles. The molecule has 2 rings (SSSR count). The van der Waals surface area contributed by atoms with Gasteiger partial charge in [-0.2, -0.15) is 0 Å². The lowest BCUT2D eigenvalue weighted by Gasteiger charge is -2.26. The molecule has 0 spiro atoms. The Morgan fingerprint density at radius 1 is 1.23 bits per heavy atom. The molecule has 5 nitrogen and oxygen atoms in total. The number of hydrogen-bond donors (Lipinski definition) is 2. The summed E-state index contributed by atoms with van der Waals surface area (Å²) in [5, 5.41) is 19.6. The Kier molecular flexibility index (Phi) is 5.39. The molecule has 122 valence electrons. The van der Waals surface area contributed by atoms with Gasteiger partial charge in [0.05, 0.1) is 11.0 Å². The van der Waals surface area contributed by atoms with Crippen molar-refractivity contribution in [3.63, 3.8) is 0 Å². The summed E-state index contributed by atoms with van der Waals surface area (Å²) in [6.07, 6.45) is 1.93. The lowest BCUT2D eigenvalue weighted by Crippen LogP contribution is -2.33. The normalized spacial score (nSPS) is 22.7. The van der Waals surface area contributed by atoms with Crippen LogP contribution in [0.3, 0.4) is 0 Å². The maximum absolute atomic E-state index is 12.5. The van der Waals surface area contributed by atoms with Gasteiger partial charge in [-0.1, -0.05) is 23.8 Å². The second-order valence-corrected chi connectivity index (χ2v) is 7.80. The van der Waals surface area contributed by atoms with Crippen LogP contribution in [0, 0.1) is 6.92 Å². The summed E-state index contributed by atoms with van der Waals surface area (Å²) < 4.78 is 26.2. The zero-order valence-corrected chi connectivity index (χ0v) is 13.8. The van der Waals surface area contributed by atoms with Crippen molar-refractivity contribution in [3.8, 4) is 0 Å². The second kappa shape index (κ2) is 6.91. The Balaban J connectivity index is 2.04. The minimum atomic E-state index is -3.53. The van der Waals surface area contributed by atoms with Crippen molar-refractivity contribution in [1.29, 1.82) is 0 Å². The monoisotopic (exact) mass is 325 g/mol. The highest BCUT2D eigenvalue weighted by atomic mass is 32.2. The van der Waals surface area contributed by atoms with Gasteiger partial charge in [0, 0.05) is 13.6 Å². The number of rotatable bonds is 5. The molecule has 2 atom stereocenters. The maximum Gasteiger partial charge on any atom is 0.242 e. The molecule has 0 aromatic heterocycles. The first-order valence-corrected chi connectivity index (χ1v) is 8.84. The van der Waals surface area contributed by atoms with Crippen molar-refractivity contribution in [3.05, 3.63) is 41.5 Å². The lowest BCUT2D eigenvalue weighted by atomic mass is 9.92. The van der Waals surface area contributed by atoms with Crippen LogP contribution in [-0.2, 0) is 10.0 Å². The first kappa shape index (κ1) is 17.1. The minimum absolute atomic E-state index is 0.263. The van der Waals surface area contributed by atoms with Crippen LogP contribution in [0.25, 0.3) is 0 Å². The molecule has 0 amide bonds. The molecule has 0 radical (unpaired) electrons. The van der Waals surface area contributed by atoms with Gasteiger partial charge in [-0.25, -0.2) is 12.7 Å². The van der Waals surface area contributed by atoms with Crippen molar-refractivity contribution < 1.29 is 18.6 Å². The molecule has 1 aliphatic carbocycles. The number of sulfonamides is 1. The number of hydrogen-bond acceptors (Lipinski definition) is 4. The van der Waals surface area contributed by atoms with Gasteiger partial charge in [0.1, 0.15) is 6.10 Å². The van der Waals surface area contributed by atoms with E-state index in [-0.39, 0.29) is 11.4 Å². The first-order valence-electron chi connectivity index (χ1n) is 7.40. The highest BCUT2D eigenvalue weighted by Crippen LogP contribution is 2.23. The minimum Gasteiger partial charge on any atom is -0.390 e. The van der Waals surface area contributed by atoms with E-state index in [1.54, 1.807) is 24.3 Å². The summed E-state index contributed by atoms with van der Waals surface area (Å²) in [6.45, 7) is 2.17. The largest absolute Gasteiger partial charge is 0.390 e. The van der Waals surface area contributed by atoms with Crippen LogP contribution in [0.1, 0.15) is 24.8 Å². The molecular weight excluding hydrogens is 302 g/mol. The van der Waals surface area contributed by atoms with Gasteiger partial charge < -0.3 is 10.2 Å². The van der Waals surface area contributed by atoms with Gasteiger partial charge in [-0.3, -0.25) is 0 Å². The van der Waals surface area contributed by atoms with E-state index in [1.807, 2.05) is 13.0 Å². The van der Waals surface area contributed by atoms with Crippen molar-refractivity contribution in [1.82, 2.24) is 4.31 Å². The average molecular weight is 325 g/mol. The van der Waals surface area contributed by atoms with E-state index in [0.717, 1.165) is 5.56 Å². The number of nitrogens with zero attached hydrogens (tertiary/aromatic N) is 1. The third kappa shape index (κ3) is 3.76. The first-order chi connectivity index (χ1) is 10.3. The van der Waals surface area contributed by atoms with Crippen LogP contribution in [0.4, 0.5) is 0 Å². The van der Waals surface area contributed by atoms with Gasteiger partial charge >= 0.3 is 0 Å². The molecule has 0 unspecified atom stereocenters. The molecule has 1 aromatic rings. The maximum atomic E-state index is 12.5. The summed E-state index contributed by atoms with van der Waals surface area (Å²) in [5.74, 6) is 0. The summed E-state index contributed by atoms with van der Waals surface area (Å²) >= 11 is 0. The quantitative estimate of drug-likeness (QED) is 0.803. The molecule has 22 heavy (non-hydrogen) atoms. The van der Waals surface area contributed by atoms with Crippen molar-refractivity contribution in [2.24, 2.45) is 0 Å². The molecule has 6 heteroatoms. The summed E-state index contributed by atoms with van der Waals surface area (Å²) in [4.78, 5) is 0.263. The van der Waals surface area contributed by atoms with Gasteiger partial charge in [-0.05, 0) is 43.9 Å². The predicted molar refractivity (Wildman–Crippen MR) is 84.9 cm³/mol. The Hall–Kier alpha value is -1.21. The molecule has 1 aliphatic rings. The van der Waals surface area contributed by atoms with Crippen LogP contribution in [0.5, 0.6) is 0 Å². The third-order valence-corrected chi connectivity index (χ3v) is 5.93. The van der Waals surface area contributed by atoms with E-state index < -0.39 is 22.2 Å². The molecular formula is C16H23NO4S. The smallest absolute Gasteiger partial charge is 0.242 e. The second-order valence-electron chi connectivity index (χ2n) is 5.76. The number of aliphatic hydroxyl groups is 2. The Bertz CT molecular complexity index is 637. The van der Waals surface area contributed by atoms with E-state index >= 15 is 0 Å². The van der Waals surface area contributed by atoms with Crippen molar-refractivity contribution in [2.45, 2.75) is 43.3 Å². The van der Waals surface area contributed by atoms with Crippen molar-refractivity contribution >= 4 is 10.0 Å². The number of aryl methyl sites for hydroxylation is 1. The molecule has 0 heterocycles. The van der Waals surface area contributed by atoms with E-state index in [9.17, 15) is 18.6 Å². The van der Waals surface area contributed by atoms with Crippen LogP contribution >= 0.6 is 0 Å². The van der Waals surface area contributed by atoms with Crippen LogP contribution < -0.4 is 0 Å². The van der Waals surface area contributed by atoms with Crippen LogP contribution in [0.15, 0.2) is 40.8 Å². The van der Waals surface area contributed by atoms with E-state index in [2.05, 4.69) is 0 Å². The van der Waals surface area contributed by atoms with E-state index in [1.165, 1.54) is 11.4 Å². The molecule has 0 saturated carbocycles. The molecule has 0 fully saturated rings.